The van der Waals surface area contributed by atoms with Gasteiger partial charge < -0.3 is 8.85 Å². The van der Waals surface area contributed by atoms with Crippen LogP contribution in [0, 0.1) is 17.9 Å². The highest BCUT2D eigenvalue weighted by Gasteiger charge is 2.38. The van der Waals surface area contributed by atoms with Crippen LogP contribution >= 0.6 is 15.9 Å². The third kappa shape index (κ3) is 7.66. The van der Waals surface area contributed by atoms with E-state index in [4.69, 9.17) is 8.85 Å². The van der Waals surface area contributed by atoms with Gasteiger partial charge in [-0.2, -0.15) is 0 Å². The van der Waals surface area contributed by atoms with E-state index in [1.165, 1.54) is 11.1 Å². The molecule has 0 saturated heterocycles. The molecule has 0 heterocycles. The minimum Gasteiger partial charge on any atom is -0.413 e. The van der Waals surface area contributed by atoms with Gasteiger partial charge in [0.05, 0.1) is 13.2 Å². The van der Waals surface area contributed by atoms with Gasteiger partial charge in [0, 0.05) is 15.6 Å². The van der Waals surface area contributed by atoms with Crippen molar-refractivity contribution in [3.8, 4) is 11.8 Å². The number of benzene rings is 2. The molecule has 179 valence electrons. The second-order valence-electron chi connectivity index (χ2n) is 11.7. The van der Waals surface area contributed by atoms with Crippen LogP contribution in [0.3, 0.4) is 0 Å². The molecule has 0 saturated carbocycles. The fourth-order valence-electron chi connectivity index (χ4n) is 2.57. The Labute approximate surface area is 212 Å². The third-order valence-corrected chi connectivity index (χ3v) is 16.8. The minimum absolute atomic E-state index is 0.164. The molecule has 0 aromatic heterocycles. The maximum atomic E-state index is 6.59. The highest BCUT2D eigenvalue weighted by atomic mass is 79.9. The van der Waals surface area contributed by atoms with E-state index < -0.39 is 16.6 Å². The van der Waals surface area contributed by atoms with Gasteiger partial charge in [-0.25, -0.2) is 0 Å². The quantitative estimate of drug-likeness (QED) is 0.268. The van der Waals surface area contributed by atoms with Crippen LogP contribution in [-0.2, 0) is 22.1 Å². The van der Waals surface area contributed by atoms with Gasteiger partial charge in [0.1, 0.15) is 0 Å². The fourth-order valence-corrected chi connectivity index (χ4v) is 4.84. The average Bonchev–Trinajstić information content (AvgIpc) is 2.69. The molecule has 0 amide bonds. The molecule has 0 fully saturated rings. The average molecular weight is 545 g/mol. The first-order valence-electron chi connectivity index (χ1n) is 11.6. The Balaban J connectivity index is 2.36. The Morgan fingerprint density at radius 3 is 1.88 bits per heavy atom. The second-order valence-corrected chi connectivity index (χ2v) is 22.2. The Morgan fingerprint density at radius 2 is 1.36 bits per heavy atom. The van der Waals surface area contributed by atoms with Crippen LogP contribution in [0.2, 0.25) is 36.3 Å². The van der Waals surface area contributed by atoms with Crippen LogP contribution in [0.1, 0.15) is 63.8 Å². The summed E-state index contributed by atoms with van der Waals surface area (Å²) >= 11 is 3.55. The van der Waals surface area contributed by atoms with Gasteiger partial charge >= 0.3 is 0 Å². The molecule has 2 rings (SSSR count). The predicted molar refractivity (Wildman–Crippen MR) is 149 cm³/mol. The zero-order valence-electron chi connectivity index (χ0n) is 22.1. The van der Waals surface area contributed by atoms with E-state index in [9.17, 15) is 0 Å². The second kappa shape index (κ2) is 10.6. The standard InChI is InChI=1S/C28H40BrO2Si2/c1-27(2,3)32(7,8)30-20-24-18-16-22(15-17-23-13-11-12-14-26(23)29)19-25(24)21-31-33(9,10)28(4,5)6/h11-12,14,16,18-19H,20-21H2,1-10H3. The molecular weight excluding hydrogens is 504 g/mol. The molecule has 2 aromatic rings. The van der Waals surface area contributed by atoms with E-state index in [0.717, 1.165) is 15.6 Å². The summed E-state index contributed by atoms with van der Waals surface area (Å²) in [6, 6.07) is 15.4. The van der Waals surface area contributed by atoms with Crippen LogP contribution in [0.5, 0.6) is 0 Å². The Morgan fingerprint density at radius 1 is 0.818 bits per heavy atom. The smallest absolute Gasteiger partial charge is 0.192 e. The lowest BCUT2D eigenvalue weighted by Gasteiger charge is -2.37. The molecule has 0 aliphatic rings. The van der Waals surface area contributed by atoms with Crippen molar-refractivity contribution >= 4 is 32.6 Å². The van der Waals surface area contributed by atoms with E-state index in [1.54, 1.807) is 0 Å². The van der Waals surface area contributed by atoms with Crippen LogP contribution in [0.4, 0.5) is 0 Å². The predicted octanol–water partition coefficient (Wildman–Crippen LogP) is 8.69. The summed E-state index contributed by atoms with van der Waals surface area (Å²) in [5.74, 6) is 6.55. The topological polar surface area (TPSA) is 18.5 Å². The van der Waals surface area contributed by atoms with Crippen molar-refractivity contribution in [3.63, 3.8) is 0 Å². The maximum Gasteiger partial charge on any atom is 0.192 e. The lowest BCUT2D eigenvalue weighted by molar-refractivity contribution is 0.257. The molecule has 33 heavy (non-hydrogen) atoms. The van der Waals surface area contributed by atoms with E-state index >= 15 is 0 Å². The molecule has 1 radical (unpaired) electrons. The highest BCUT2D eigenvalue weighted by Crippen LogP contribution is 2.38. The lowest BCUT2D eigenvalue weighted by atomic mass is 10.0. The zero-order valence-corrected chi connectivity index (χ0v) is 25.7. The van der Waals surface area contributed by atoms with Crippen LogP contribution < -0.4 is 0 Å². The Bertz CT molecular complexity index is 1020. The Kier molecular flexibility index (Phi) is 9.03. The van der Waals surface area contributed by atoms with Crippen molar-refractivity contribution in [1.29, 1.82) is 0 Å². The van der Waals surface area contributed by atoms with Gasteiger partial charge in [-0.15, -0.1) is 0 Å². The van der Waals surface area contributed by atoms with E-state index in [0.29, 0.717) is 13.2 Å². The van der Waals surface area contributed by atoms with Crippen molar-refractivity contribution in [1.82, 2.24) is 0 Å². The third-order valence-electron chi connectivity index (χ3n) is 7.13. The number of hydrogen-bond acceptors (Lipinski definition) is 2. The van der Waals surface area contributed by atoms with Crippen molar-refractivity contribution < 1.29 is 8.85 Å². The summed E-state index contributed by atoms with van der Waals surface area (Å²) in [7, 11) is -3.72. The molecule has 0 atom stereocenters. The summed E-state index contributed by atoms with van der Waals surface area (Å²) in [6.45, 7) is 24.0. The van der Waals surface area contributed by atoms with Crippen molar-refractivity contribution in [2.75, 3.05) is 0 Å². The molecule has 0 spiro atoms. The van der Waals surface area contributed by atoms with E-state index in [2.05, 4.69) is 120 Å². The normalized spacial score (nSPS) is 12.9. The summed E-state index contributed by atoms with van der Waals surface area (Å²) in [5.41, 5.74) is 4.20. The number of rotatable bonds is 6. The highest BCUT2D eigenvalue weighted by molar-refractivity contribution is 9.10. The molecule has 0 unspecified atom stereocenters. The molecular formula is C28H40BrO2Si2. The number of halogens is 1. The van der Waals surface area contributed by atoms with Crippen molar-refractivity contribution in [3.05, 3.63) is 69.2 Å². The molecule has 2 nitrogen and oxygen atoms in total. The van der Waals surface area contributed by atoms with Crippen LogP contribution in [-0.4, -0.2) is 16.6 Å². The SMILES string of the molecule is CC(C)(C)[Si](C)(C)OCc1ccc(C#Cc2[c]cccc2Br)cc1CO[Si](C)(C)C(C)(C)C. The van der Waals surface area contributed by atoms with Gasteiger partial charge in [-0.1, -0.05) is 71.6 Å². The maximum absolute atomic E-state index is 6.59. The largest absolute Gasteiger partial charge is 0.413 e. The van der Waals surface area contributed by atoms with Crippen LogP contribution in [0.25, 0.3) is 0 Å². The fraction of sp³-hybridized carbons (Fsp3) is 0.500. The van der Waals surface area contributed by atoms with E-state index in [-0.39, 0.29) is 10.1 Å². The van der Waals surface area contributed by atoms with Gasteiger partial charge in [0.25, 0.3) is 0 Å². The molecule has 0 N–H and O–H groups in total. The summed E-state index contributed by atoms with van der Waals surface area (Å²) in [5, 5.41) is 0.341. The molecule has 0 aliphatic heterocycles. The lowest BCUT2D eigenvalue weighted by Crippen LogP contribution is -2.41. The van der Waals surface area contributed by atoms with Gasteiger partial charge in [0.15, 0.2) is 16.6 Å². The number of hydrogen-bond donors (Lipinski definition) is 0. The zero-order chi connectivity index (χ0) is 25.1. The van der Waals surface area contributed by atoms with Crippen molar-refractivity contribution in [2.24, 2.45) is 0 Å². The molecule has 2 aromatic carbocycles. The molecule has 0 aliphatic carbocycles. The summed E-state index contributed by atoms with van der Waals surface area (Å²) in [4.78, 5) is 0. The van der Waals surface area contributed by atoms with Crippen molar-refractivity contribution in [2.45, 2.75) is 91.0 Å². The first-order chi connectivity index (χ1) is 15.0. The van der Waals surface area contributed by atoms with Crippen LogP contribution in [0.15, 0.2) is 40.9 Å². The Hall–Kier alpha value is -1.17. The monoisotopic (exact) mass is 543 g/mol. The first kappa shape index (κ1) is 28.1. The molecule has 0 bridgehead atoms. The first-order valence-corrected chi connectivity index (χ1v) is 18.2. The van der Waals surface area contributed by atoms with Gasteiger partial charge in [0.2, 0.25) is 0 Å². The minimum atomic E-state index is -1.88. The summed E-state index contributed by atoms with van der Waals surface area (Å²) in [6.07, 6.45) is 0. The summed E-state index contributed by atoms with van der Waals surface area (Å²) < 4.78 is 14.1. The van der Waals surface area contributed by atoms with E-state index in [1.807, 2.05) is 18.2 Å². The molecule has 5 heteroatoms. The van der Waals surface area contributed by atoms with Gasteiger partial charge in [-0.05, 0) is 87.6 Å². The van der Waals surface area contributed by atoms with Gasteiger partial charge in [-0.3, -0.25) is 0 Å².